The molecule has 42 heavy (non-hydrogen) atoms. The third kappa shape index (κ3) is 7.75. The monoisotopic (exact) mass is 632 g/mol. The molecule has 13 heteroatoms. The Balaban J connectivity index is 1.60. The van der Waals surface area contributed by atoms with Gasteiger partial charge in [-0.2, -0.15) is 0 Å². The molecule has 0 fully saturated rings. The van der Waals surface area contributed by atoms with Crippen LogP contribution in [0.4, 0.5) is 4.39 Å². The standard InChI is InChI=1S/C29H34ClFN4O5SSi/c1-38-22-8-6-20(28(14-22)39-2)16-34-41(36,37)23-9-10-24(25(30)15-23)27-18-33-29(26-11-7-21(31)17-32-26)35(27)19-40-12-13-42(3,4)5/h6-11,14-15,17-18,34H,12-13,16,19H2,1-5H3. The van der Waals surface area contributed by atoms with E-state index in [1.165, 1.54) is 25.3 Å². The number of benzene rings is 2. The number of hydrogen-bond acceptors (Lipinski definition) is 7. The van der Waals surface area contributed by atoms with Gasteiger partial charge in [0.25, 0.3) is 0 Å². The fourth-order valence-electron chi connectivity index (χ4n) is 4.09. The second-order valence-corrected chi connectivity index (χ2v) is 18.5. The molecule has 0 bridgehead atoms. The first-order valence-corrected chi connectivity index (χ1v) is 18.7. The van der Waals surface area contributed by atoms with Gasteiger partial charge in [-0.25, -0.2) is 27.5 Å². The van der Waals surface area contributed by atoms with Gasteiger partial charge in [-0.15, -0.1) is 0 Å². The van der Waals surface area contributed by atoms with Crippen molar-refractivity contribution in [2.24, 2.45) is 0 Å². The van der Waals surface area contributed by atoms with Crippen molar-refractivity contribution in [3.8, 4) is 34.3 Å². The summed E-state index contributed by atoms with van der Waals surface area (Å²) in [6.07, 6.45) is 2.74. The summed E-state index contributed by atoms with van der Waals surface area (Å²) >= 11 is 6.67. The maximum absolute atomic E-state index is 13.5. The summed E-state index contributed by atoms with van der Waals surface area (Å²) in [7, 11) is -2.18. The molecule has 0 atom stereocenters. The van der Waals surface area contributed by atoms with E-state index in [1.807, 2.05) is 0 Å². The highest BCUT2D eigenvalue weighted by molar-refractivity contribution is 7.89. The van der Waals surface area contributed by atoms with E-state index in [9.17, 15) is 12.8 Å². The van der Waals surface area contributed by atoms with Gasteiger partial charge in [0, 0.05) is 38.4 Å². The molecule has 4 aromatic rings. The minimum atomic E-state index is -3.91. The van der Waals surface area contributed by atoms with E-state index in [-0.39, 0.29) is 23.2 Å². The van der Waals surface area contributed by atoms with Crippen LogP contribution < -0.4 is 14.2 Å². The molecule has 0 amide bonds. The molecule has 4 rings (SSSR count). The molecule has 2 aromatic carbocycles. The smallest absolute Gasteiger partial charge is 0.240 e. The van der Waals surface area contributed by atoms with Crippen molar-refractivity contribution in [1.29, 1.82) is 0 Å². The van der Waals surface area contributed by atoms with Gasteiger partial charge in [-0.05, 0) is 42.4 Å². The first kappa shape index (κ1) is 31.6. The highest BCUT2D eigenvalue weighted by atomic mass is 35.5. The topological polar surface area (TPSA) is 105 Å². The van der Waals surface area contributed by atoms with Gasteiger partial charge in [0.05, 0.1) is 42.2 Å². The molecule has 2 aromatic heterocycles. The van der Waals surface area contributed by atoms with E-state index < -0.39 is 23.9 Å². The van der Waals surface area contributed by atoms with Gasteiger partial charge in [-0.1, -0.05) is 37.3 Å². The van der Waals surface area contributed by atoms with Crippen LogP contribution >= 0.6 is 11.6 Å². The lowest BCUT2D eigenvalue weighted by atomic mass is 10.1. The second-order valence-electron chi connectivity index (χ2n) is 10.7. The summed E-state index contributed by atoms with van der Waals surface area (Å²) in [5.41, 5.74) is 2.27. The Morgan fingerprint density at radius 1 is 1.00 bits per heavy atom. The van der Waals surface area contributed by atoms with E-state index in [1.54, 1.807) is 48.2 Å². The largest absolute Gasteiger partial charge is 0.497 e. The molecule has 0 radical (unpaired) electrons. The van der Waals surface area contributed by atoms with E-state index in [0.717, 1.165) is 12.2 Å². The lowest BCUT2D eigenvalue weighted by molar-refractivity contribution is 0.0892. The third-order valence-corrected chi connectivity index (χ3v) is 9.92. The number of ether oxygens (including phenoxy) is 3. The van der Waals surface area contributed by atoms with Gasteiger partial charge in [0.15, 0.2) is 5.82 Å². The van der Waals surface area contributed by atoms with Gasteiger partial charge < -0.3 is 14.2 Å². The molecular formula is C29H34ClFN4O5SSi. The molecule has 0 aliphatic carbocycles. The van der Waals surface area contributed by atoms with E-state index in [0.29, 0.717) is 46.4 Å². The Morgan fingerprint density at radius 2 is 1.79 bits per heavy atom. The first-order valence-electron chi connectivity index (χ1n) is 13.2. The van der Waals surface area contributed by atoms with Crippen molar-refractivity contribution in [2.45, 2.75) is 43.9 Å². The third-order valence-electron chi connectivity index (χ3n) is 6.50. The fourth-order valence-corrected chi connectivity index (χ4v) is 6.22. The number of methoxy groups -OCH3 is 2. The van der Waals surface area contributed by atoms with Crippen LogP contribution in [0.2, 0.25) is 30.7 Å². The molecule has 9 nitrogen and oxygen atoms in total. The van der Waals surface area contributed by atoms with Gasteiger partial charge in [-0.3, -0.25) is 4.57 Å². The maximum atomic E-state index is 13.5. The molecule has 2 heterocycles. The fraction of sp³-hybridized carbons (Fsp3) is 0.310. The summed E-state index contributed by atoms with van der Waals surface area (Å²) in [6, 6.07) is 13.5. The van der Waals surface area contributed by atoms with Crippen molar-refractivity contribution < 1.29 is 27.0 Å². The van der Waals surface area contributed by atoms with Crippen LogP contribution in [0.25, 0.3) is 22.8 Å². The molecule has 0 aliphatic rings. The molecule has 224 valence electrons. The van der Waals surface area contributed by atoms with E-state index in [4.69, 9.17) is 25.8 Å². The van der Waals surface area contributed by atoms with Crippen molar-refractivity contribution in [2.75, 3.05) is 20.8 Å². The number of nitrogens with one attached hydrogen (secondary N) is 1. The van der Waals surface area contributed by atoms with Crippen LogP contribution in [0, 0.1) is 5.82 Å². The van der Waals surface area contributed by atoms with Crippen LogP contribution in [0.1, 0.15) is 5.56 Å². The summed E-state index contributed by atoms with van der Waals surface area (Å²) < 4.78 is 60.9. The van der Waals surface area contributed by atoms with E-state index >= 15 is 0 Å². The summed E-state index contributed by atoms with van der Waals surface area (Å²) in [5.74, 6) is 1.11. The zero-order valence-electron chi connectivity index (χ0n) is 24.1. The number of hydrogen-bond donors (Lipinski definition) is 1. The average Bonchev–Trinajstić information content (AvgIpc) is 3.37. The predicted molar refractivity (Wildman–Crippen MR) is 164 cm³/mol. The SMILES string of the molecule is COc1ccc(CNS(=O)(=O)c2ccc(-c3cnc(-c4ccc(F)cn4)n3COCC[Si](C)(C)C)c(Cl)c2)c(OC)c1. The maximum Gasteiger partial charge on any atom is 0.240 e. The number of aromatic nitrogens is 3. The molecule has 1 N–H and O–H groups in total. The Bertz CT molecular complexity index is 1640. The lowest BCUT2D eigenvalue weighted by Crippen LogP contribution is -2.23. The quantitative estimate of drug-likeness (QED) is 0.138. The Morgan fingerprint density at radius 3 is 2.43 bits per heavy atom. The number of sulfonamides is 1. The number of pyridine rings is 1. The summed E-state index contributed by atoms with van der Waals surface area (Å²) in [4.78, 5) is 8.70. The minimum absolute atomic E-state index is 0.00149. The average molecular weight is 633 g/mol. The number of imidazole rings is 1. The van der Waals surface area contributed by atoms with Crippen molar-refractivity contribution >= 4 is 29.7 Å². The highest BCUT2D eigenvalue weighted by Crippen LogP contribution is 2.33. The number of rotatable bonds is 13. The van der Waals surface area contributed by atoms with Crippen molar-refractivity contribution in [3.05, 3.63) is 77.3 Å². The van der Waals surface area contributed by atoms with Crippen LogP contribution in [-0.4, -0.2) is 51.9 Å². The number of halogens is 2. The predicted octanol–water partition coefficient (Wildman–Crippen LogP) is 6.21. The Kier molecular flexibility index (Phi) is 10.1. The van der Waals surface area contributed by atoms with Crippen LogP contribution in [0.5, 0.6) is 11.5 Å². The number of nitrogens with zero attached hydrogens (tertiary/aromatic N) is 3. The van der Waals surface area contributed by atoms with Crippen LogP contribution in [0.3, 0.4) is 0 Å². The van der Waals surface area contributed by atoms with E-state index in [2.05, 4.69) is 34.3 Å². The highest BCUT2D eigenvalue weighted by Gasteiger charge is 2.21. The lowest BCUT2D eigenvalue weighted by Gasteiger charge is -2.17. The Hall–Kier alpha value is -3.29. The second kappa shape index (κ2) is 13.3. The normalized spacial score (nSPS) is 12.0. The molecule has 0 spiro atoms. The first-order chi connectivity index (χ1) is 19.9. The molecule has 0 unspecified atom stereocenters. The molecule has 0 saturated heterocycles. The van der Waals surface area contributed by atoms with Gasteiger partial charge >= 0.3 is 0 Å². The van der Waals surface area contributed by atoms with Crippen molar-refractivity contribution in [1.82, 2.24) is 19.3 Å². The zero-order valence-corrected chi connectivity index (χ0v) is 26.7. The van der Waals surface area contributed by atoms with Gasteiger partial charge in [0.1, 0.15) is 29.7 Å². The molecule has 0 saturated carbocycles. The zero-order chi connectivity index (χ0) is 30.5. The van der Waals surface area contributed by atoms with Crippen molar-refractivity contribution in [3.63, 3.8) is 0 Å². The molecule has 0 aliphatic heterocycles. The van der Waals surface area contributed by atoms with Crippen LogP contribution in [-0.2, 0) is 28.0 Å². The van der Waals surface area contributed by atoms with Gasteiger partial charge in [0.2, 0.25) is 10.0 Å². The Labute approximate surface area is 251 Å². The summed E-state index contributed by atoms with van der Waals surface area (Å²) in [5, 5.41) is 0.210. The molecular weight excluding hydrogens is 599 g/mol. The summed E-state index contributed by atoms with van der Waals surface area (Å²) in [6.45, 7) is 7.54. The minimum Gasteiger partial charge on any atom is -0.497 e. The van der Waals surface area contributed by atoms with Crippen LogP contribution in [0.15, 0.2) is 65.8 Å².